The van der Waals surface area contributed by atoms with Gasteiger partial charge in [0.15, 0.2) is 0 Å². The van der Waals surface area contributed by atoms with Crippen LogP contribution >= 0.6 is 11.6 Å². The van der Waals surface area contributed by atoms with Crippen LogP contribution in [0.4, 0.5) is 19.1 Å². The van der Waals surface area contributed by atoms with Crippen molar-refractivity contribution in [2.24, 2.45) is 0 Å². The normalized spacial score (nSPS) is 11.6. The molecule has 0 atom stereocenters. The van der Waals surface area contributed by atoms with Crippen molar-refractivity contribution in [1.29, 1.82) is 0 Å². The zero-order valence-corrected chi connectivity index (χ0v) is 13.4. The van der Waals surface area contributed by atoms with Crippen LogP contribution in [0.25, 0.3) is 5.69 Å². The summed E-state index contributed by atoms with van der Waals surface area (Å²) in [4.78, 5) is 15.5. The number of benzene rings is 1. The fraction of sp³-hybridized carbons (Fsp3) is 0.143. The van der Waals surface area contributed by atoms with Gasteiger partial charge in [0.2, 0.25) is 11.8 Å². The third-order valence-electron chi connectivity index (χ3n) is 3.21. The molecule has 1 aromatic carbocycles. The molecular weight excluding hydrogens is 361 g/mol. The van der Waals surface area contributed by atoms with Crippen molar-refractivity contribution in [2.75, 3.05) is 5.32 Å². The van der Waals surface area contributed by atoms with Crippen LogP contribution in [0.1, 0.15) is 21.9 Å². The number of amides is 1. The maximum Gasteiger partial charge on any atom is 0.451 e. The van der Waals surface area contributed by atoms with Crippen molar-refractivity contribution in [3.63, 3.8) is 0 Å². The minimum Gasteiger partial charge on any atom is -0.289 e. The number of nitrogens with zero attached hydrogens (tertiary/aromatic N) is 4. The van der Waals surface area contributed by atoms with Crippen LogP contribution in [0.5, 0.6) is 0 Å². The maximum absolute atomic E-state index is 12.5. The molecule has 7 nitrogen and oxygen atoms in total. The van der Waals surface area contributed by atoms with Gasteiger partial charge in [-0.1, -0.05) is 29.8 Å². The average molecular weight is 371 g/mol. The van der Waals surface area contributed by atoms with Crippen LogP contribution in [-0.2, 0) is 6.18 Å². The van der Waals surface area contributed by atoms with Crippen molar-refractivity contribution < 1.29 is 18.0 Å². The lowest BCUT2D eigenvalue weighted by molar-refractivity contribution is -0.144. The summed E-state index contributed by atoms with van der Waals surface area (Å²) in [6, 6.07) is 8.84. The standard InChI is InChI=1S/C14H10ClF3N6O/c1-7-9(10(15)24(23-7)8-5-3-2-4-6-8)11(25)19-13-20-12(21-22-13)14(16,17)18/h2-6H,1H3,(H2,19,20,21,22,25). The number of nitrogens with one attached hydrogen (secondary N) is 2. The molecule has 0 unspecified atom stereocenters. The average Bonchev–Trinajstić information content (AvgIpc) is 3.12. The number of anilines is 1. The Morgan fingerprint density at radius 1 is 1.28 bits per heavy atom. The summed E-state index contributed by atoms with van der Waals surface area (Å²) >= 11 is 6.21. The highest BCUT2D eigenvalue weighted by atomic mass is 35.5. The highest BCUT2D eigenvalue weighted by molar-refractivity contribution is 6.33. The van der Waals surface area contributed by atoms with Gasteiger partial charge in [0.25, 0.3) is 5.91 Å². The zero-order chi connectivity index (χ0) is 18.2. The molecular formula is C14H10ClF3N6O. The summed E-state index contributed by atoms with van der Waals surface area (Å²) in [5.74, 6) is -2.59. The van der Waals surface area contributed by atoms with E-state index in [0.29, 0.717) is 11.4 Å². The van der Waals surface area contributed by atoms with Crippen LogP contribution in [0.15, 0.2) is 30.3 Å². The summed E-state index contributed by atoms with van der Waals surface area (Å²) in [5.41, 5.74) is 0.953. The number of halogens is 4. The fourth-order valence-electron chi connectivity index (χ4n) is 2.11. The second kappa shape index (κ2) is 6.20. The second-order valence-corrected chi connectivity index (χ2v) is 5.32. The Balaban J connectivity index is 1.88. The summed E-state index contributed by atoms with van der Waals surface area (Å²) in [6.07, 6.45) is -4.69. The molecule has 0 spiro atoms. The van der Waals surface area contributed by atoms with E-state index in [4.69, 9.17) is 11.6 Å². The van der Waals surface area contributed by atoms with Gasteiger partial charge in [-0.05, 0) is 19.1 Å². The van der Waals surface area contributed by atoms with Crippen LogP contribution in [0, 0.1) is 6.92 Å². The van der Waals surface area contributed by atoms with Gasteiger partial charge < -0.3 is 0 Å². The topological polar surface area (TPSA) is 88.5 Å². The highest BCUT2D eigenvalue weighted by Gasteiger charge is 2.35. The van der Waals surface area contributed by atoms with Gasteiger partial charge in [-0.2, -0.15) is 23.3 Å². The third-order valence-corrected chi connectivity index (χ3v) is 3.56. The molecule has 3 aromatic rings. The number of alkyl halides is 3. The van der Waals surface area contributed by atoms with Gasteiger partial charge in [-0.25, -0.2) is 4.68 Å². The largest absolute Gasteiger partial charge is 0.451 e. The molecule has 0 bridgehead atoms. The Morgan fingerprint density at radius 3 is 2.56 bits per heavy atom. The molecule has 3 rings (SSSR count). The van der Waals surface area contributed by atoms with E-state index in [1.54, 1.807) is 36.3 Å². The first-order valence-corrected chi connectivity index (χ1v) is 7.26. The van der Waals surface area contributed by atoms with E-state index in [2.05, 4.69) is 20.5 Å². The Hall–Kier alpha value is -2.88. The zero-order valence-electron chi connectivity index (χ0n) is 12.6. The molecule has 0 fully saturated rings. The summed E-state index contributed by atoms with van der Waals surface area (Å²) in [7, 11) is 0. The number of para-hydroxylation sites is 1. The number of carbonyl (C=O) groups excluding carboxylic acids is 1. The summed E-state index contributed by atoms with van der Waals surface area (Å²) in [6.45, 7) is 1.55. The maximum atomic E-state index is 12.5. The SMILES string of the molecule is Cc1nn(-c2ccccc2)c(Cl)c1C(=O)Nc1n[nH]c(C(F)(F)F)n1. The molecule has 130 valence electrons. The monoisotopic (exact) mass is 370 g/mol. The number of H-pyrrole nitrogens is 1. The van der Waals surface area contributed by atoms with Gasteiger partial charge in [-0.3, -0.25) is 15.2 Å². The highest BCUT2D eigenvalue weighted by Crippen LogP contribution is 2.27. The minimum absolute atomic E-state index is 0.0175. The van der Waals surface area contributed by atoms with Gasteiger partial charge in [0.1, 0.15) is 10.7 Å². The molecule has 0 aliphatic rings. The minimum atomic E-state index is -4.69. The molecule has 0 aliphatic carbocycles. The Bertz CT molecular complexity index is 919. The van der Waals surface area contributed by atoms with Crippen LogP contribution in [0.3, 0.4) is 0 Å². The number of aryl methyl sites for hydroxylation is 1. The predicted molar refractivity (Wildman–Crippen MR) is 82.6 cm³/mol. The van der Waals surface area contributed by atoms with Crippen LogP contribution in [-0.4, -0.2) is 30.9 Å². The van der Waals surface area contributed by atoms with Gasteiger partial charge in [-0.15, -0.1) is 5.10 Å². The van der Waals surface area contributed by atoms with Crippen molar-refractivity contribution in [3.05, 3.63) is 52.6 Å². The molecule has 2 aromatic heterocycles. The number of hydrogen-bond donors (Lipinski definition) is 2. The molecule has 0 radical (unpaired) electrons. The van der Waals surface area contributed by atoms with Gasteiger partial charge >= 0.3 is 6.18 Å². The molecule has 2 heterocycles. The first-order chi connectivity index (χ1) is 11.8. The molecule has 1 amide bonds. The van der Waals surface area contributed by atoms with E-state index in [1.165, 1.54) is 4.68 Å². The molecule has 25 heavy (non-hydrogen) atoms. The quantitative estimate of drug-likeness (QED) is 0.741. The molecule has 0 saturated carbocycles. The second-order valence-electron chi connectivity index (χ2n) is 4.96. The lowest BCUT2D eigenvalue weighted by atomic mass is 10.2. The van der Waals surface area contributed by atoms with Gasteiger partial charge in [0, 0.05) is 0 Å². The van der Waals surface area contributed by atoms with E-state index in [0.717, 1.165) is 0 Å². The Labute approximate surface area is 143 Å². The van der Waals surface area contributed by atoms with E-state index in [9.17, 15) is 18.0 Å². The number of hydrogen-bond acceptors (Lipinski definition) is 4. The van der Waals surface area contributed by atoms with E-state index >= 15 is 0 Å². The van der Waals surface area contributed by atoms with E-state index in [-0.39, 0.29) is 10.7 Å². The first-order valence-electron chi connectivity index (χ1n) is 6.89. The summed E-state index contributed by atoms with van der Waals surface area (Å²) in [5, 5.41) is 11.4. The number of aromatic nitrogens is 5. The Morgan fingerprint density at radius 2 is 1.96 bits per heavy atom. The van der Waals surface area contributed by atoms with E-state index in [1.807, 2.05) is 6.07 Å². The summed E-state index contributed by atoms with van der Waals surface area (Å²) < 4.78 is 38.9. The van der Waals surface area contributed by atoms with Crippen LogP contribution in [0.2, 0.25) is 5.15 Å². The number of rotatable bonds is 3. The van der Waals surface area contributed by atoms with Crippen molar-refractivity contribution in [2.45, 2.75) is 13.1 Å². The lowest BCUT2D eigenvalue weighted by Crippen LogP contribution is -2.14. The fourth-order valence-corrected chi connectivity index (χ4v) is 2.46. The predicted octanol–water partition coefficient (Wildman–Crippen LogP) is 3.22. The molecule has 11 heteroatoms. The smallest absolute Gasteiger partial charge is 0.289 e. The third kappa shape index (κ3) is 3.33. The molecule has 0 saturated heterocycles. The first kappa shape index (κ1) is 17.0. The molecule has 2 N–H and O–H groups in total. The molecule has 0 aliphatic heterocycles. The lowest BCUT2D eigenvalue weighted by Gasteiger charge is -2.03. The number of aromatic amines is 1. The van der Waals surface area contributed by atoms with Crippen molar-refractivity contribution in [1.82, 2.24) is 25.0 Å². The Kier molecular flexibility index (Phi) is 4.21. The van der Waals surface area contributed by atoms with E-state index < -0.39 is 23.9 Å². The van der Waals surface area contributed by atoms with Gasteiger partial charge in [0.05, 0.1) is 11.4 Å². The van der Waals surface area contributed by atoms with Crippen LogP contribution < -0.4 is 5.32 Å². The van der Waals surface area contributed by atoms with Crippen molar-refractivity contribution >= 4 is 23.5 Å². The number of carbonyl (C=O) groups is 1. The van der Waals surface area contributed by atoms with Crippen molar-refractivity contribution in [3.8, 4) is 5.69 Å².